The molecule has 5 nitrogen and oxygen atoms in total. The van der Waals surface area contributed by atoms with Crippen molar-refractivity contribution in [1.29, 1.82) is 0 Å². The molecule has 6 heteroatoms. The fraction of sp³-hybridized carbons (Fsp3) is 0.500. The SMILES string of the molecule is Cc1ccc(C(=O)O)cc1S(=O)(=O)N(C)CC(C)(C)C. The monoisotopic (exact) mass is 299 g/mol. The molecule has 0 spiro atoms. The minimum Gasteiger partial charge on any atom is -0.478 e. The van der Waals surface area contributed by atoms with Gasteiger partial charge in [0.1, 0.15) is 0 Å². The van der Waals surface area contributed by atoms with E-state index in [-0.39, 0.29) is 15.9 Å². The maximum atomic E-state index is 12.5. The Morgan fingerprint density at radius 3 is 2.30 bits per heavy atom. The summed E-state index contributed by atoms with van der Waals surface area (Å²) in [6, 6.07) is 4.13. The smallest absolute Gasteiger partial charge is 0.335 e. The maximum absolute atomic E-state index is 12.5. The molecule has 0 aliphatic heterocycles. The molecule has 0 heterocycles. The molecule has 1 rings (SSSR count). The lowest BCUT2D eigenvalue weighted by Crippen LogP contribution is -2.35. The van der Waals surface area contributed by atoms with Crippen LogP contribution in [0.1, 0.15) is 36.7 Å². The number of rotatable bonds is 4. The van der Waals surface area contributed by atoms with E-state index in [1.807, 2.05) is 20.8 Å². The molecule has 1 N–H and O–H groups in total. The second kappa shape index (κ2) is 5.54. The molecule has 0 atom stereocenters. The first-order chi connectivity index (χ1) is 8.95. The third-order valence-corrected chi connectivity index (χ3v) is 4.77. The molecule has 20 heavy (non-hydrogen) atoms. The number of carboxylic acid groups (broad SMARTS) is 1. The van der Waals surface area contributed by atoms with Gasteiger partial charge in [-0.1, -0.05) is 26.8 Å². The van der Waals surface area contributed by atoms with Crippen molar-refractivity contribution >= 4 is 16.0 Å². The van der Waals surface area contributed by atoms with Gasteiger partial charge in [-0.15, -0.1) is 0 Å². The zero-order chi connectivity index (χ0) is 15.7. The zero-order valence-corrected chi connectivity index (χ0v) is 13.3. The van der Waals surface area contributed by atoms with Crippen molar-refractivity contribution in [3.05, 3.63) is 29.3 Å². The Morgan fingerprint density at radius 1 is 1.30 bits per heavy atom. The number of aryl methyl sites for hydroxylation is 1. The van der Waals surface area contributed by atoms with Crippen LogP contribution in [0.4, 0.5) is 0 Å². The van der Waals surface area contributed by atoms with Crippen LogP contribution in [0.3, 0.4) is 0 Å². The fourth-order valence-corrected chi connectivity index (χ4v) is 3.58. The summed E-state index contributed by atoms with van der Waals surface area (Å²) in [5.41, 5.74) is 0.328. The molecule has 0 aliphatic carbocycles. The third-order valence-electron chi connectivity index (χ3n) is 2.82. The predicted molar refractivity (Wildman–Crippen MR) is 77.4 cm³/mol. The van der Waals surface area contributed by atoms with Crippen LogP contribution in [0.5, 0.6) is 0 Å². The molecule has 0 aromatic heterocycles. The predicted octanol–water partition coefficient (Wildman–Crippen LogP) is 2.36. The van der Waals surface area contributed by atoms with E-state index in [1.54, 1.807) is 6.92 Å². The summed E-state index contributed by atoms with van der Waals surface area (Å²) in [7, 11) is -2.18. The van der Waals surface area contributed by atoms with Crippen molar-refractivity contribution in [3.63, 3.8) is 0 Å². The average molecular weight is 299 g/mol. The number of nitrogens with zero attached hydrogens (tertiary/aromatic N) is 1. The van der Waals surface area contributed by atoms with Crippen molar-refractivity contribution in [2.24, 2.45) is 5.41 Å². The van der Waals surface area contributed by atoms with Crippen molar-refractivity contribution in [2.75, 3.05) is 13.6 Å². The van der Waals surface area contributed by atoms with E-state index >= 15 is 0 Å². The third kappa shape index (κ3) is 3.80. The topological polar surface area (TPSA) is 74.7 Å². The Labute approximate surface area is 120 Å². The zero-order valence-electron chi connectivity index (χ0n) is 12.5. The van der Waals surface area contributed by atoms with Crippen LogP contribution in [0, 0.1) is 12.3 Å². The summed E-state index contributed by atoms with van der Waals surface area (Å²) in [5, 5.41) is 8.98. The van der Waals surface area contributed by atoms with Gasteiger partial charge in [0.15, 0.2) is 0 Å². The molecule has 0 unspecified atom stereocenters. The Bertz CT molecular complexity index is 615. The molecule has 1 aromatic rings. The van der Waals surface area contributed by atoms with Crippen LogP contribution in [0.2, 0.25) is 0 Å². The van der Waals surface area contributed by atoms with Crippen LogP contribution in [-0.4, -0.2) is 37.4 Å². The van der Waals surface area contributed by atoms with Gasteiger partial charge in [-0.25, -0.2) is 17.5 Å². The van der Waals surface area contributed by atoms with E-state index in [9.17, 15) is 13.2 Å². The standard InChI is InChI=1S/C14H21NO4S/c1-10-6-7-11(13(16)17)8-12(10)20(18,19)15(5)9-14(2,3)4/h6-8H,9H2,1-5H3,(H,16,17). The Morgan fingerprint density at radius 2 is 1.85 bits per heavy atom. The number of hydrogen-bond donors (Lipinski definition) is 1. The largest absolute Gasteiger partial charge is 0.478 e. The molecule has 0 aliphatic rings. The molecule has 1 aromatic carbocycles. The van der Waals surface area contributed by atoms with Gasteiger partial charge in [0.05, 0.1) is 10.5 Å². The summed E-state index contributed by atoms with van der Waals surface area (Å²) in [5.74, 6) is -1.14. The van der Waals surface area contributed by atoms with E-state index in [1.165, 1.54) is 29.6 Å². The number of sulfonamides is 1. The van der Waals surface area contributed by atoms with Gasteiger partial charge in [-0.2, -0.15) is 0 Å². The number of hydrogen-bond acceptors (Lipinski definition) is 3. The van der Waals surface area contributed by atoms with Gasteiger partial charge < -0.3 is 5.11 Å². The lowest BCUT2D eigenvalue weighted by molar-refractivity contribution is 0.0696. The Balaban J connectivity index is 3.28. The minimum atomic E-state index is -3.69. The average Bonchev–Trinajstić information content (AvgIpc) is 2.26. The Kier molecular flexibility index (Phi) is 4.61. The first kappa shape index (κ1) is 16.7. The number of carboxylic acids is 1. The molecule has 0 saturated carbocycles. The quantitative estimate of drug-likeness (QED) is 0.926. The maximum Gasteiger partial charge on any atom is 0.335 e. The van der Waals surface area contributed by atoms with Crippen molar-refractivity contribution < 1.29 is 18.3 Å². The highest BCUT2D eigenvalue weighted by atomic mass is 32.2. The highest BCUT2D eigenvalue weighted by molar-refractivity contribution is 7.89. The molecular formula is C14H21NO4S. The normalized spacial score (nSPS) is 12.7. The summed E-state index contributed by atoms with van der Waals surface area (Å²) in [4.78, 5) is 11.0. The van der Waals surface area contributed by atoms with Crippen molar-refractivity contribution in [1.82, 2.24) is 4.31 Å². The van der Waals surface area contributed by atoms with Crippen LogP contribution in [0.25, 0.3) is 0 Å². The molecule has 0 bridgehead atoms. The summed E-state index contributed by atoms with van der Waals surface area (Å²) < 4.78 is 26.3. The fourth-order valence-electron chi connectivity index (χ4n) is 1.93. The number of carbonyl (C=O) groups is 1. The summed E-state index contributed by atoms with van der Waals surface area (Å²) in [6.45, 7) is 7.84. The highest BCUT2D eigenvalue weighted by Gasteiger charge is 2.27. The van der Waals surface area contributed by atoms with E-state index in [0.29, 0.717) is 12.1 Å². The molecule has 0 saturated heterocycles. The molecular weight excluding hydrogens is 278 g/mol. The van der Waals surface area contributed by atoms with Gasteiger partial charge >= 0.3 is 5.97 Å². The van der Waals surface area contributed by atoms with Crippen LogP contribution < -0.4 is 0 Å². The van der Waals surface area contributed by atoms with Gasteiger partial charge in [-0.05, 0) is 30.0 Å². The van der Waals surface area contributed by atoms with Crippen LogP contribution >= 0.6 is 0 Å². The van der Waals surface area contributed by atoms with E-state index in [0.717, 1.165) is 0 Å². The van der Waals surface area contributed by atoms with Gasteiger partial charge in [0.25, 0.3) is 0 Å². The van der Waals surface area contributed by atoms with Gasteiger partial charge in [0, 0.05) is 13.6 Å². The summed E-state index contributed by atoms with van der Waals surface area (Å²) >= 11 is 0. The van der Waals surface area contributed by atoms with Crippen LogP contribution in [-0.2, 0) is 10.0 Å². The molecule has 112 valence electrons. The van der Waals surface area contributed by atoms with Crippen molar-refractivity contribution in [3.8, 4) is 0 Å². The summed E-state index contributed by atoms with van der Waals surface area (Å²) in [6.07, 6.45) is 0. The Hall–Kier alpha value is -1.40. The highest BCUT2D eigenvalue weighted by Crippen LogP contribution is 2.24. The number of benzene rings is 1. The van der Waals surface area contributed by atoms with E-state index < -0.39 is 16.0 Å². The second-order valence-corrected chi connectivity index (χ2v) is 8.12. The lowest BCUT2D eigenvalue weighted by atomic mass is 9.97. The molecule has 0 fully saturated rings. The second-order valence-electron chi connectivity index (χ2n) is 6.11. The number of aromatic carboxylic acids is 1. The van der Waals surface area contributed by atoms with Gasteiger partial charge in [0.2, 0.25) is 10.0 Å². The molecule has 0 radical (unpaired) electrons. The first-order valence-electron chi connectivity index (χ1n) is 6.25. The minimum absolute atomic E-state index is 0.0293. The first-order valence-corrected chi connectivity index (χ1v) is 7.69. The van der Waals surface area contributed by atoms with Crippen molar-refractivity contribution in [2.45, 2.75) is 32.6 Å². The molecule has 0 amide bonds. The lowest BCUT2D eigenvalue weighted by Gasteiger charge is -2.26. The van der Waals surface area contributed by atoms with E-state index in [4.69, 9.17) is 5.11 Å². The van der Waals surface area contributed by atoms with Crippen LogP contribution in [0.15, 0.2) is 23.1 Å². The van der Waals surface area contributed by atoms with E-state index in [2.05, 4.69) is 0 Å². The van der Waals surface area contributed by atoms with Gasteiger partial charge in [-0.3, -0.25) is 0 Å².